The zero-order chi connectivity index (χ0) is 13.6. The van der Waals surface area contributed by atoms with Crippen LogP contribution in [0.15, 0.2) is 6.07 Å². The van der Waals surface area contributed by atoms with Gasteiger partial charge in [-0.25, -0.2) is 0 Å². The van der Waals surface area contributed by atoms with Crippen LogP contribution in [-0.2, 0) is 0 Å². The van der Waals surface area contributed by atoms with Gasteiger partial charge in [0, 0.05) is 17.0 Å². The number of thiophene rings is 1. The minimum atomic E-state index is 0.0330. The Morgan fingerprint density at radius 3 is 2.68 bits per heavy atom. The largest absolute Gasteiger partial charge is 0.347 e. The molecule has 3 saturated heterocycles. The number of carbonyl (C=O) groups excluding carboxylic acids is 1. The molecule has 1 N–H and O–H groups in total. The fraction of sp³-hybridized carbons (Fsp3) is 0.643. The molecule has 3 nitrogen and oxygen atoms in total. The predicted molar refractivity (Wildman–Crippen MR) is 79.1 cm³/mol. The number of nitrogens with zero attached hydrogens (tertiary/aromatic N) is 1. The third kappa shape index (κ3) is 2.41. The molecule has 5 heteroatoms. The number of piperidine rings is 3. The normalized spacial score (nSPS) is 33.4. The highest BCUT2D eigenvalue weighted by atomic mass is 35.5. The summed E-state index contributed by atoms with van der Waals surface area (Å²) < 4.78 is 0. The first kappa shape index (κ1) is 13.4. The molecule has 0 radical (unpaired) electrons. The Kier molecular flexibility index (Phi) is 3.58. The van der Waals surface area contributed by atoms with Gasteiger partial charge in [0.2, 0.25) is 0 Å². The molecule has 0 aliphatic carbocycles. The lowest BCUT2D eigenvalue weighted by Crippen LogP contribution is -2.62. The van der Waals surface area contributed by atoms with Gasteiger partial charge in [0.1, 0.15) is 0 Å². The number of halogens is 1. The van der Waals surface area contributed by atoms with Crippen molar-refractivity contribution in [3.63, 3.8) is 0 Å². The first-order valence-corrected chi connectivity index (χ1v) is 8.06. The summed E-state index contributed by atoms with van der Waals surface area (Å²) in [7, 11) is 0. The van der Waals surface area contributed by atoms with E-state index in [9.17, 15) is 4.79 Å². The van der Waals surface area contributed by atoms with E-state index in [1.54, 1.807) is 6.07 Å². The van der Waals surface area contributed by atoms with Gasteiger partial charge in [-0.05, 0) is 51.8 Å². The molecule has 1 aromatic heterocycles. The number of hydrogen-bond donors (Lipinski definition) is 1. The molecule has 0 saturated carbocycles. The molecule has 19 heavy (non-hydrogen) atoms. The molecular weight excluding hydrogens is 280 g/mol. The number of hydrogen-bond acceptors (Lipinski definition) is 3. The topological polar surface area (TPSA) is 32.3 Å². The van der Waals surface area contributed by atoms with E-state index in [1.165, 1.54) is 37.3 Å². The van der Waals surface area contributed by atoms with Crippen molar-refractivity contribution < 1.29 is 4.79 Å². The van der Waals surface area contributed by atoms with Gasteiger partial charge in [-0.15, -0.1) is 11.3 Å². The standard InChI is InChI=1S/C14H19ClN2OS/c1-8-13(10-3-5-17(8)6-4-10)16-14(18)12-7-11(15)9(2)19-12/h7-8,10,13H,3-6H2,1-2H3,(H,16,18). The van der Waals surface area contributed by atoms with Crippen LogP contribution in [0.2, 0.25) is 5.02 Å². The average molecular weight is 299 g/mol. The van der Waals surface area contributed by atoms with Gasteiger partial charge in [0.05, 0.1) is 9.90 Å². The Bertz CT molecular complexity index is 472. The molecule has 4 heterocycles. The zero-order valence-corrected chi connectivity index (χ0v) is 12.9. The van der Waals surface area contributed by atoms with Crippen LogP contribution in [0.4, 0.5) is 0 Å². The number of aryl methyl sites for hydroxylation is 1. The molecule has 0 aromatic carbocycles. The van der Waals surface area contributed by atoms with Gasteiger partial charge >= 0.3 is 0 Å². The SMILES string of the molecule is Cc1sc(C(=O)NC2C3CCN(CC3)C2C)cc1Cl. The Hall–Kier alpha value is -0.580. The second-order valence-electron chi connectivity index (χ2n) is 5.63. The second kappa shape index (κ2) is 5.08. The highest BCUT2D eigenvalue weighted by molar-refractivity contribution is 7.14. The minimum absolute atomic E-state index is 0.0330. The fourth-order valence-corrected chi connectivity index (χ4v) is 4.44. The van der Waals surface area contributed by atoms with E-state index in [-0.39, 0.29) is 11.9 Å². The maximum atomic E-state index is 12.3. The van der Waals surface area contributed by atoms with E-state index in [2.05, 4.69) is 17.1 Å². The van der Waals surface area contributed by atoms with E-state index in [1.807, 2.05) is 6.92 Å². The van der Waals surface area contributed by atoms with E-state index in [4.69, 9.17) is 11.6 Å². The molecule has 3 aliphatic rings. The van der Waals surface area contributed by atoms with Crippen LogP contribution in [0.5, 0.6) is 0 Å². The molecule has 2 atom stereocenters. The molecule has 0 spiro atoms. The first-order valence-electron chi connectivity index (χ1n) is 6.87. The summed E-state index contributed by atoms with van der Waals surface area (Å²) in [5.74, 6) is 0.672. The van der Waals surface area contributed by atoms with Gasteiger partial charge in [-0.3, -0.25) is 9.69 Å². The molecule has 1 aromatic rings. The minimum Gasteiger partial charge on any atom is -0.347 e. The van der Waals surface area contributed by atoms with Crippen molar-refractivity contribution in [1.29, 1.82) is 0 Å². The summed E-state index contributed by atoms with van der Waals surface area (Å²) >= 11 is 7.50. The second-order valence-corrected chi connectivity index (χ2v) is 7.29. The molecule has 104 valence electrons. The van der Waals surface area contributed by atoms with Gasteiger partial charge < -0.3 is 5.32 Å². The van der Waals surface area contributed by atoms with Crippen LogP contribution >= 0.6 is 22.9 Å². The Labute approximate surface area is 122 Å². The molecule has 2 bridgehead atoms. The zero-order valence-electron chi connectivity index (χ0n) is 11.3. The highest BCUT2D eigenvalue weighted by Crippen LogP contribution is 2.33. The van der Waals surface area contributed by atoms with Crippen LogP contribution in [-0.4, -0.2) is 36.0 Å². The van der Waals surface area contributed by atoms with Crippen LogP contribution in [0, 0.1) is 12.8 Å². The van der Waals surface area contributed by atoms with Crippen LogP contribution in [0.3, 0.4) is 0 Å². The number of fused-ring (bicyclic) bond motifs is 3. The maximum Gasteiger partial charge on any atom is 0.261 e. The molecule has 2 unspecified atom stereocenters. The highest BCUT2D eigenvalue weighted by Gasteiger charge is 2.40. The van der Waals surface area contributed by atoms with Gasteiger partial charge in [-0.1, -0.05) is 11.6 Å². The summed E-state index contributed by atoms with van der Waals surface area (Å²) in [5, 5.41) is 3.92. The number of amides is 1. The van der Waals surface area contributed by atoms with Crippen molar-refractivity contribution >= 4 is 28.8 Å². The number of nitrogens with one attached hydrogen (secondary N) is 1. The van der Waals surface area contributed by atoms with Crippen molar-refractivity contribution in [3.05, 3.63) is 20.8 Å². The average Bonchev–Trinajstić information content (AvgIpc) is 2.74. The summed E-state index contributed by atoms with van der Waals surface area (Å²) in [6.07, 6.45) is 2.42. The first-order chi connectivity index (χ1) is 9.06. The summed E-state index contributed by atoms with van der Waals surface area (Å²) in [5.41, 5.74) is 0. The quantitative estimate of drug-likeness (QED) is 0.910. The van der Waals surface area contributed by atoms with Crippen LogP contribution < -0.4 is 5.32 Å². The van der Waals surface area contributed by atoms with Crippen molar-refractivity contribution in [2.75, 3.05) is 13.1 Å². The predicted octanol–water partition coefficient (Wildman–Crippen LogP) is 2.92. The lowest BCUT2D eigenvalue weighted by molar-refractivity contribution is 0.0218. The molecule has 3 aliphatic heterocycles. The van der Waals surface area contributed by atoms with Gasteiger partial charge in [0.25, 0.3) is 5.91 Å². The number of rotatable bonds is 2. The maximum absolute atomic E-state index is 12.3. The van der Waals surface area contributed by atoms with Gasteiger partial charge in [-0.2, -0.15) is 0 Å². The summed E-state index contributed by atoms with van der Waals surface area (Å²) in [6.45, 7) is 6.54. The molecular formula is C14H19ClN2OS. The van der Waals surface area contributed by atoms with Crippen molar-refractivity contribution in [3.8, 4) is 0 Å². The van der Waals surface area contributed by atoms with Crippen LogP contribution in [0.1, 0.15) is 34.3 Å². The summed E-state index contributed by atoms with van der Waals surface area (Å²) in [6, 6.07) is 2.52. The van der Waals surface area contributed by atoms with Gasteiger partial charge in [0.15, 0.2) is 0 Å². The Morgan fingerprint density at radius 2 is 2.16 bits per heavy atom. The third-order valence-electron chi connectivity index (χ3n) is 4.56. The molecule has 3 fully saturated rings. The van der Waals surface area contributed by atoms with E-state index < -0.39 is 0 Å². The Balaban J connectivity index is 1.72. The smallest absolute Gasteiger partial charge is 0.261 e. The van der Waals surface area contributed by atoms with Crippen LogP contribution in [0.25, 0.3) is 0 Å². The Morgan fingerprint density at radius 1 is 1.47 bits per heavy atom. The van der Waals surface area contributed by atoms with E-state index >= 15 is 0 Å². The number of carbonyl (C=O) groups is 1. The monoisotopic (exact) mass is 298 g/mol. The van der Waals surface area contributed by atoms with E-state index in [0.717, 1.165) is 9.75 Å². The van der Waals surface area contributed by atoms with E-state index in [0.29, 0.717) is 17.0 Å². The molecule has 1 amide bonds. The fourth-order valence-electron chi connectivity index (χ4n) is 3.34. The van der Waals surface area contributed by atoms with Crippen molar-refractivity contribution in [2.24, 2.45) is 5.92 Å². The van der Waals surface area contributed by atoms with Crippen molar-refractivity contribution in [2.45, 2.75) is 38.8 Å². The third-order valence-corrected chi connectivity index (χ3v) is 6.11. The molecule has 4 rings (SSSR count). The van der Waals surface area contributed by atoms with Crippen molar-refractivity contribution in [1.82, 2.24) is 10.2 Å². The summed E-state index contributed by atoms with van der Waals surface area (Å²) in [4.78, 5) is 16.5. The lowest BCUT2D eigenvalue weighted by Gasteiger charge is -2.49. The lowest BCUT2D eigenvalue weighted by atomic mass is 9.79.